The molecule has 4 heteroatoms. The molecule has 0 aliphatic carbocycles. The van der Waals surface area contributed by atoms with Gasteiger partial charge in [0.05, 0.1) is 0 Å². The van der Waals surface area contributed by atoms with Gasteiger partial charge in [0.25, 0.3) is 0 Å². The molecule has 1 fully saturated rings. The molecule has 20 heavy (non-hydrogen) atoms. The van der Waals surface area contributed by atoms with Crippen LogP contribution in [-0.4, -0.2) is 37.2 Å². The Morgan fingerprint density at radius 2 is 1.65 bits per heavy atom. The molecule has 114 valence electrons. The Labute approximate surface area is 123 Å². The highest BCUT2D eigenvalue weighted by atomic mass is 16.6. The second kappa shape index (κ2) is 12.5. The zero-order valence-corrected chi connectivity index (χ0v) is 13.2. The number of benzene rings is 1. The van der Waals surface area contributed by atoms with Crippen molar-refractivity contribution in [2.45, 2.75) is 34.3 Å². The summed E-state index contributed by atoms with van der Waals surface area (Å²) in [6, 6.07) is 9.72. The first-order valence-corrected chi connectivity index (χ1v) is 7.52. The average Bonchev–Trinajstić information content (AvgIpc) is 2.58. The summed E-state index contributed by atoms with van der Waals surface area (Å²) in [6.45, 7) is 11.5. The minimum Gasteiger partial charge on any atom is -0.445 e. The van der Waals surface area contributed by atoms with Crippen molar-refractivity contribution in [3.05, 3.63) is 35.9 Å². The van der Waals surface area contributed by atoms with Crippen molar-refractivity contribution in [1.82, 2.24) is 10.2 Å². The van der Waals surface area contributed by atoms with Crippen molar-refractivity contribution < 1.29 is 9.53 Å². The zero-order valence-electron chi connectivity index (χ0n) is 13.2. The molecule has 0 saturated carbocycles. The summed E-state index contributed by atoms with van der Waals surface area (Å²) in [5, 5.41) is 3.19. The Bertz CT molecular complexity index is 336. The van der Waals surface area contributed by atoms with Gasteiger partial charge in [-0.1, -0.05) is 58.0 Å². The van der Waals surface area contributed by atoms with E-state index in [1.165, 1.54) is 0 Å². The number of ether oxygens (including phenoxy) is 1. The Kier molecular flexibility index (Phi) is 11.5. The molecule has 1 N–H and O–H groups in total. The molecular formula is C16H28N2O2. The molecule has 0 bridgehead atoms. The maximum atomic E-state index is 11.6. The van der Waals surface area contributed by atoms with E-state index in [-0.39, 0.29) is 6.09 Å². The molecule has 1 amide bonds. The molecule has 4 nitrogen and oxygen atoms in total. The van der Waals surface area contributed by atoms with Gasteiger partial charge in [0.15, 0.2) is 0 Å². The van der Waals surface area contributed by atoms with Gasteiger partial charge < -0.3 is 15.0 Å². The van der Waals surface area contributed by atoms with E-state index < -0.39 is 0 Å². The molecule has 0 atom stereocenters. The first-order chi connectivity index (χ1) is 9.86. The van der Waals surface area contributed by atoms with E-state index in [1.54, 1.807) is 4.90 Å². The number of hydrogen-bond acceptors (Lipinski definition) is 3. The number of hydrogen-bond donors (Lipinski definition) is 1. The number of carbonyl (C=O) groups excluding carboxylic acids is 1. The Balaban J connectivity index is 0.000000829. The summed E-state index contributed by atoms with van der Waals surface area (Å²) in [6.07, 6.45) is -0.217. The van der Waals surface area contributed by atoms with E-state index in [9.17, 15) is 4.79 Å². The highest BCUT2D eigenvalue weighted by molar-refractivity contribution is 5.67. The third-order valence-corrected chi connectivity index (χ3v) is 2.58. The highest BCUT2D eigenvalue weighted by Gasteiger charge is 2.16. The molecule has 1 saturated heterocycles. The van der Waals surface area contributed by atoms with Crippen molar-refractivity contribution in [3.8, 4) is 0 Å². The van der Waals surface area contributed by atoms with Crippen LogP contribution in [0.2, 0.25) is 0 Å². The van der Waals surface area contributed by atoms with Crippen LogP contribution < -0.4 is 5.32 Å². The molecular weight excluding hydrogens is 252 g/mol. The van der Waals surface area contributed by atoms with E-state index in [4.69, 9.17) is 4.74 Å². The van der Waals surface area contributed by atoms with Crippen molar-refractivity contribution >= 4 is 6.09 Å². The second-order valence-electron chi connectivity index (χ2n) is 3.78. The molecule has 1 aliphatic rings. The van der Waals surface area contributed by atoms with E-state index >= 15 is 0 Å². The van der Waals surface area contributed by atoms with Crippen LogP contribution in [0.4, 0.5) is 4.79 Å². The van der Waals surface area contributed by atoms with Gasteiger partial charge in [0.2, 0.25) is 0 Å². The third-order valence-electron chi connectivity index (χ3n) is 2.58. The Hall–Kier alpha value is -1.55. The lowest BCUT2D eigenvalue weighted by Crippen LogP contribution is -2.46. The molecule has 1 aliphatic heterocycles. The SMILES string of the molecule is CC.CC.O=C(OCc1ccccc1)N1CCNCC1. The van der Waals surface area contributed by atoms with Crippen LogP contribution in [0.15, 0.2) is 30.3 Å². The summed E-state index contributed by atoms with van der Waals surface area (Å²) in [5.41, 5.74) is 1.02. The molecule has 0 aromatic heterocycles. The number of nitrogens with zero attached hydrogens (tertiary/aromatic N) is 1. The maximum absolute atomic E-state index is 11.6. The molecule has 0 radical (unpaired) electrons. The maximum Gasteiger partial charge on any atom is 0.410 e. The largest absolute Gasteiger partial charge is 0.445 e. The van der Waals surface area contributed by atoms with Crippen molar-refractivity contribution in [1.29, 1.82) is 0 Å². The lowest BCUT2D eigenvalue weighted by molar-refractivity contribution is 0.0918. The summed E-state index contributed by atoms with van der Waals surface area (Å²) >= 11 is 0. The summed E-state index contributed by atoms with van der Waals surface area (Å²) in [4.78, 5) is 13.4. The average molecular weight is 280 g/mol. The standard InChI is InChI=1S/C12H16N2O2.2C2H6/c15-12(14-8-6-13-7-9-14)16-10-11-4-2-1-3-5-11;2*1-2/h1-5,13H,6-10H2;2*1-2H3. The minimum atomic E-state index is -0.217. The van der Waals surface area contributed by atoms with Gasteiger partial charge in [-0.3, -0.25) is 0 Å². The topological polar surface area (TPSA) is 41.6 Å². The van der Waals surface area contributed by atoms with Crippen molar-refractivity contribution in [2.24, 2.45) is 0 Å². The molecule has 1 aromatic carbocycles. The van der Waals surface area contributed by atoms with Crippen LogP contribution >= 0.6 is 0 Å². The van der Waals surface area contributed by atoms with Crippen LogP contribution in [0.25, 0.3) is 0 Å². The normalized spacial score (nSPS) is 13.3. The fourth-order valence-corrected chi connectivity index (χ4v) is 1.66. The fourth-order valence-electron chi connectivity index (χ4n) is 1.66. The van der Waals surface area contributed by atoms with Gasteiger partial charge in [-0.15, -0.1) is 0 Å². The zero-order chi connectivity index (χ0) is 15.2. The summed E-state index contributed by atoms with van der Waals surface area (Å²) < 4.78 is 5.23. The second-order valence-corrected chi connectivity index (χ2v) is 3.78. The summed E-state index contributed by atoms with van der Waals surface area (Å²) in [7, 11) is 0. The van der Waals surface area contributed by atoms with Crippen LogP contribution in [0.1, 0.15) is 33.3 Å². The van der Waals surface area contributed by atoms with E-state index in [0.717, 1.165) is 31.7 Å². The quantitative estimate of drug-likeness (QED) is 0.904. The number of carbonyl (C=O) groups is 1. The fraction of sp³-hybridized carbons (Fsp3) is 0.562. The third kappa shape index (κ3) is 7.14. The molecule has 0 spiro atoms. The highest BCUT2D eigenvalue weighted by Crippen LogP contribution is 2.03. The molecule has 1 aromatic rings. The van der Waals surface area contributed by atoms with Gasteiger partial charge in [-0.05, 0) is 5.56 Å². The Morgan fingerprint density at radius 1 is 1.10 bits per heavy atom. The van der Waals surface area contributed by atoms with Gasteiger partial charge in [-0.2, -0.15) is 0 Å². The first-order valence-electron chi connectivity index (χ1n) is 7.52. The number of rotatable bonds is 2. The lowest BCUT2D eigenvalue weighted by Gasteiger charge is -2.26. The summed E-state index contributed by atoms with van der Waals surface area (Å²) in [5.74, 6) is 0. The lowest BCUT2D eigenvalue weighted by atomic mass is 10.2. The Morgan fingerprint density at radius 3 is 2.20 bits per heavy atom. The smallest absolute Gasteiger partial charge is 0.410 e. The molecule has 2 rings (SSSR count). The minimum absolute atomic E-state index is 0.217. The number of amides is 1. The van der Waals surface area contributed by atoms with E-state index in [1.807, 2.05) is 58.0 Å². The number of nitrogens with one attached hydrogen (secondary N) is 1. The van der Waals surface area contributed by atoms with Gasteiger partial charge in [0.1, 0.15) is 6.61 Å². The molecule has 1 heterocycles. The van der Waals surface area contributed by atoms with Gasteiger partial charge in [0, 0.05) is 26.2 Å². The van der Waals surface area contributed by atoms with Crippen LogP contribution in [-0.2, 0) is 11.3 Å². The number of piperazine rings is 1. The molecule has 0 unspecified atom stereocenters. The predicted molar refractivity (Wildman–Crippen MR) is 83.8 cm³/mol. The van der Waals surface area contributed by atoms with Crippen LogP contribution in [0.5, 0.6) is 0 Å². The predicted octanol–water partition coefficient (Wildman–Crippen LogP) is 3.28. The van der Waals surface area contributed by atoms with E-state index in [0.29, 0.717) is 6.61 Å². The van der Waals surface area contributed by atoms with Crippen LogP contribution in [0, 0.1) is 0 Å². The van der Waals surface area contributed by atoms with Crippen molar-refractivity contribution in [3.63, 3.8) is 0 Å². The van der Waals surface area contributed by atoms with E-state index in [2.05, 4.69) is 5.32 Å². The van der Waals surface area contributed by atoms with Crippen molar-refractivity contribution in [2.75, 3.05) is 26.2 Å². The first kappa shape index (κ1) is 18.4. The van der Waals surface area contributed by atoms with Gasteiger partial charge >= 0.3 is 6.09 Å². The van der Waals surface area contributed by atoms with Crippen LogP contribution in [0.3, 0.4) is 0 Å². The van der Waals surface area contributed by atoms with Gasteiger partial charge in [-0.25, -0.2) is 4.79 Å². The monoisotopic (exact) mass is 280 g/mol.